The predicted octanol–water partition coefficient (Wildman–Crippen LogP) is 4.89. The summed E-state index contributed by atoms with van der Waals surface area (Å²) in [6.07, 6.45) is -0.931. The standard InChI is InChI=1S/C28H26F2N2O6/c1-16-15-23(17(2)32(16)19-10-12-20(13-11-19)38-28(29)30)25(34)18(3)37-24(33)9-6-14-31-26(35)21-7-4-5-8-22(21)27(31)36/h4-5,7-8,10-13,15,18,28H,6,9,14H2,1-3H3. The van der Waals surface area contributed by atoms with Crippen molar-refractivity contribution in [1.82, 2.24) is 9.47 Å². The number of imide groups is 1. The number of ether oxygens (including phenoxy) is 2. The molecule has 2 amide bonds. The smallest absolute Gasteiger partial charge is 0.387 e. The summed E-state index contributed by atoms with van der Waals surface area (Å²) in [5, 5.41) is 0. The van der Waals surface area contributed by atoms with Crippen LogP contribution in [-0.4, -0.2) is 52.3 Å². The molecule has 2 heterocycles. The van der Waals surface area contributed by atoms with Crippen LogP contribution in [-0.2, 0) is 9.53 Å². The number of aromatic nitrogens is 1. The first-order valence-electron chi connectivity index (χ1n) is 12.0. The number of halogens is 2. The number of alkyl halides is 2. The quantitative estimate of drug-likeness (QED) is 0.213. The molecule has 38 heavy (non-hydrogen) atoms. The normalized spacial score (nSPS) is 13.6. The van der Waals surface area contributed by atoms with Crippen molar-refractivity contribution in [1.29, 1.82) is 0 Å². The van der Waals surface area contributed by atoms with E-state index < -0.39 is 36.3 Å². The van der Waals surface area contributed by atoms with E-state index >= 15 is 0 Å². The van der Waals surface area contributed by atoms with Gasteiger partial charge < -0.3 is 14.0 Å². The Morgan fingerprint density at radius 1 is 0.947 bits per heavy atom. The van der Waals surface area contributed by atoms with Gasteiger partial charge in [-0.1, -0.05) is 12.1 Å². The van der Waals surface area contributed by atoms with Crippen LogP contribution in [0.2, 0.25) is 0 Å². The second-order valence-corrected chi connectivity index (χ2v) is 8.90. The van der Waals surface area contributed by atoms with Gasteiger partial charge in [0.25, 0.3) is 11.8 Å². The number of carbonyl (C=O) groups is 4. The fraction of sp³-hybridized carbons (Fsp3) is 0.286. The molecule has 198 valence electrons. The molecule has 4 rings (SSSR count). The van der Waals surface area contributed by atoms with Crippen molar-refractivity contribution in [2.24, 2.45) is 0 Å². The topological polar surface area (TPSA) is 94.9 Å². The van der Waals surface area contributed by atoms with E-state index in [-0.39, 0.29) is 25.1 Å². The molecule has 0 N–H and O–H groups in total. The molecule has 0 spiro atoms. The molecule has 1 aliphatic rings. The Labute approximate surface area is 217 Å². The fourth-order valence-electron chi connectivity index (χ4n) is 4.54. The molecule has 0 saturated heterocycles. The number of benzene rings is 2. The number of carbonyl (C=O) groups excluding carboxylic acids is 4. The molecule has 1 aromatic heterocycles. The summed E-state index contributed by atoms with van der Waals surface area (Å²) in [6, 6.07) is 14.2. The Bertz CT molecular complexity index is 1360. The molecule has 1 atom stereocenters. The van der Waals surface area contributed by atoms with Gasteiger partial charge in [-0.2, -0.15) is 8.78 Å². The van der Waals surface area contributed by atoms with Crippen molar-refractivity contribution >= 4 is 23.6 Å². The predicted molar refractivity (Wildman–Crippen MR) is 133 cm³/mol. The van der Waals surface area contributed by atoms with E-state index in [0.29, 0.717) is 28.1 Å². The first-order valence-corrected chi connectivity index (χ1v) is 12.0. The van der Waals surface area contributed by atoms with Crippen molar-refractivity contribution in [3.8, 4) is 11.4 Å². The number of amides is 2. The molecular weight excluding hydrogens is 498 g/mol. The average Bonchev–Trinajstić information content (AvgIpc) is 3.31. The van der Waals surface area contributed by atoms with Crippen LogP contribution in [0.15, 0.2) is 54.6 Å². The van der Waals surface area contributed by atoms with Gasteiger partial charge in [-0.05, 0) is 69.7 Å². The van der Waals surface area contributed by atoms with Gasteiger partial charge in [0, 0.05) is 35.6 Å². The summed E-state index contributed by atoms with van der Waals surface area (Å²) in [7, 11) is 0. The van der Waals surface area contributed by atoms with Crippen molar-refractivity contribution < 1.29 is 37.4 Å². The second-order valence-electron chi connectivity index (χ2n) is 8.90. The molecule has 0 fully saturated rings. The molecule has 0 aliphatic carbocycles. The zero-order valence-corrected chi connectivity index (χ0v) is 21.1. The van der Waals surface area contributed by atoms with E-state index in [9.17, 15) is 28.0 Å². The minimum absolute atomic E-state index is 0.0195. The number of aryl methyl sites for hydroxylation is 1. The lowest BCUT2D eigenvalue weighted by Gasteiger charge is -2.15. The molecule has 0 bridgehead atoms. The van der Waals surface area contributed by atoms with Gasteiger partial charge in [0.05, 0.1) is 11.1 Å². The maximum atomic E-state index is 13.1. The van der Waals surface area contributed by atoms with Gasteiger partial charge in [-0.15, -0.1) is 0 Å². The molecule has 2 aromatic carbocycles. The van der Waals surface area contributed by atoms with Crippen LogP contribution in [0, 0.1) is 13.8 Å². The number of hydrogen-bond donors (Lipinski definition) is 0. The molecule has 8 nitrogen and oxygen atoms in total. The number of fused-ring (bicyclic) bond motifs is 1. The summed E-state index contributed by atoms with van der Waals surface area (Å²) in [4.78, 5) is 51.5. The van der Waals surface area contributed by atoms with E-state index in [1.165, 1.54) is 19.1 Å². The number of nitrogens with zero attached hydrogens (tertiary/aromatic N) is 2. The van der Waals surface area contributed by atoms with Gasteiger partial charge in [0.15, 0.2) is 6.10 Å². The largest absolute Gasteiger partial charge is 0.454 e. The van der Waals surface area contributed by atoms with Crippen molar-refractivity contribution in [2.75, 3.05) is 6.54 Å². The molecule has 10 heteroatoms. The van der Waals surface area contributed by atoms with Crippen LogP contribution < -0.4 is 4.74 Å². The maximum Gasteiger partial charge on any atom is 0.387 e. The number of hydrogen-bond acceptors (Lipinski definition) is 6. The highest BCUT2D eigenvalue weighted by molar-refractivity contribution is 6.21. The van der Waals surface area contributed by atoms with Gasteiger partial charge in [0.2, 0.25) is 5.78 Å². The van der Waals surface area contributed by atoms with E-state index in [4.69, 9.17) is 4.74 Å². The molecular formula is C28H26F2N2O6. The second kappa shape index (κ2) is 11.0. The maximum absolute atomic E-state index is 13.1. The summed E-state index contributed by atoms with van der Waals surface area (Å²) >= 11 is 0. The fourth-order valence-corrected chi connectivity index (χ4v) is 4.54. The van der Waals surface area contributed by atoms with E-state index in [2.05, 4.69) is 4.74 Å². The van der Waals surface area contributed by atoms with Crippen molar-refractivity contribution in [3.05, 3.63) is 82.7 Å². The highest BCUT2D eigenvalue weighted by atomic mass is 19.3. The van der Waals surface area contributed by atoms with Crippen LogP contribution in [0.3, 0.4) is 0 Å². The zero-order valence-electron chi connectivity index (χ0n) is 21.1. The van der Waals surface area contributed by atoms with Gasteiger partial charge in [0.1, 0.15) is 5.75 Å². The average molecular weight is 525 g/mol. The Morgan fingerprint density at radius 3 is 2.13 bits per heavy atom. The Hall–Kier alpha value is -4.34. The van der Waals surface area contributed by atoms with Gasteiger partial charge in [-0.25, -0.2) is 0 Å². The number of esters is 1. The van der Waals surface area contributed by atoms with Crippen LogP contribution in [0.1, 0.15) is 62.2 Å². The number of Topliss-reactive ketones (excluding diaryl/α,β-unsaturated/α-hetero) is 1. The molecule has 3 aromatic rings. The number of ketones is 1. The third-order valence-electron chi connectivity index (χ3n) is 6.33. The molecule has 0 saturated carbocycles. The number of rotatable bonds is 10. The van der Waals surface area contributed by atoms with Crippen LogP contribution >= 0.6 is 0 Å². The van der Waals surface area contributed by atoms with Gasteiger partial charge >= 0.3 is 12.6 Å². The van der Waals surface area contributed by atoms with Gasteiger partial charge in [-0.3, -0.25) is 24.1 Å². The zero-order chi connectivity index (χ0) is 27.6. The van der Waals surface area contributed by atoms with Crippen molar-refractivity contribution in [2.45, 2.75) is 46.3 Å². The molecule has 1 unspecified atom stereocenters. The Kier molecular flexibility index (Phi) is 7.70. The SMILES string of the molecule is Cc1cc(C(=O)C(C)OC(=O)CCCN2C(=O)c3ccccc3C2=O)c(C)n1-c1ccc(OC(F)F)cc1. The van der Waals surface area contributed by atoms with Crippen LogP contribution in [0.4, 0.5) is 8.78 Å². The monoisotopic (exact) mass is 524 g/mol. The Morgan fingerprint density at radius 2 is 1.55 bits per heavy atom. The summed E-state index contributed by atoms with van der Waals surface area (Å²) in [5.74, 6) is -1.78. The third-order valence-corrected chi connectivity index (χ3v) is 6.33. The summed E-state index contributed by atoms with van der Waals surface area (Å²) in [5.41, 5.74) is 3.03. The van der Waals surface area contributed by atoms with Crippen LogP contribution in [0.25, 0.3) is 5.69 Å². The highest BCUT2D eigenvalue weighted by Gasteiger charge is 2.34. The lowest BCUT2D eigenvalue weighted by atomic mass is 10.1. The highest BCUT2D eigenvalue weighted by Crippen LogP contribution is 2.25. The first kappa shape index (κ1) is 26.7. The lowest BCUT2D eigenvalue weighted by molar-refractivity contribution is -0.146. The summed E-state index contributed by atoms with van der Waals surface area (Å²) < 4.78 is 36.3. The minimum Gasteiger partial charge on any atom is -0.454 e. The Balaban J connectivity index is 1.34. The van der Waals surface area contributed by atoms with Crippen molar-refractivity contribution in [3.63, 3.8) is 0 Å². The molecule has 0 radical (unpaired) electrons. The minimum atomic E-state index is -2.92. The lowest BCUT2D eigenvalue weighted by Crippen LogP contribution is -2.31. The summed E-state index contributed by atoms with van der Waals surface area (Å²) in [6.45, 7) is 2.15. The van der Waals surface area contributed by atoms with Crippen LogP contribution in [0.5, 0.6) is 5.75 Å². The first-order chi connectivity index (χ1) is 18.1. The third kappa shape index (κ3) is 5.34. The van der Waals surface area contributed by atoms with E-state index in [0.717, 1.165) is 10.6 Å². The van der Waals surface area contributed by atoms with E-state index in [1.54, 1.807) is 60.9 Å². The molecule has 1 aliphatic heterocycles. The van der Waals surface area contributed by atoms with E-state index in [1.807, 2.05) is 0 Å².